The maximum Gasteiger partial charge on any atom is 0.320 e. The number of piperidine rings is 1. The lowest BCUT2D eigenvalue weighted by molar-refractivity contribution is -0.157. The predicted molar refractivity (Wildman–Crippen MR) is 100.0 cm³/mol. The van der Waals surface area contributed by atoms with Crippen molar-refractivity contribution in [2.45, 2.75) is 58.2 Å². The molecule has 2 aromatic rings. The largest absolute Gasteiger partial charge is 0.459 e. The molecule has 0 amide bonds. The molecule has 0 saturated carbocycles. The Morgan fingerprint density at radius 3 is 2.85 bits per heavy atom. The summed E-state index contributed by atoms with van der Waals surface area (Å²) in [5.74, 6) is -0.515. The number of aromatic amines is 1. The van der Waals surface area contributed by atoms with Crippen LogP contribution in [0, 0.1) is 6.92 Å². The number of ether oxygens (including phenoxy) is 1. The van der Waals surface area contributed by atoms with Crippen molar-refractivity contribution in [3.8, 4) is 0 Å². The molecular weight excluding hydrogens is 333 g/mol. The number of H-pyrrole nitrogens is 1. The second-order valence-corrected chi connectivity index (χ2v) is 8.54. The Kier molecular flexibility index (Phi) is 4.82. The van der Waals surface area contributed by atoms with Crippen LogP contribution in [0.3, 0.4) is 0 Å². The number of nitrogens with one attached hydrogen (secondary N) is 1. The summed E-state index contributed by atoms with van der Waals surface area (Å²) in [5, 5.41) is 8.33. The summed E-state index contributed by atoms with van der Waals surface area (Å²) in [4.78, 5) is 13.9. The molecule has 0 radical (unpaired) electrons. The summed E-state index contributed by atoms with van der Waals surface area (Å²) in [7, 11) is 0. The average molecular weight is 361 g/mol. The highest BCUT2D eigenvalue weighted by molar-refractivity contribution is 5.81. The molecule has 26 heavy (non-hydrogen) atoms. The summed E-state index contributed by atoms with van der Waals surface area (Å²) in [6, 6.07) is 5.98. The lowest BCUT2D eigenvalue weighted by Crippen LogP contribution is -2.50. The highest BCUT2D eigenvalue weighted by Gasteiger charge is 2.41. The molecule has 142 valence electrons. The van der Waals surface area contributed by atoms with E-state index in [1.54, 1.807) is 6.92 Å². The van der Waals surface area contributed by atoms with Gasteiger partial charge in [-0.3, -0.25) is 14.8 Å². The highest BCUT2D eigenvalue weighted by atomic mass is 19.1. The van der Waals surface area contributed by atoms with E-state index in [9.17, 15) is 4.79 Å². The van der Waals surface area contributed by atoms with Crippen LogP contribution >= 0.6 is 0 Å². The normalized spacial score (nSPS) is 24.8. The zero-order chi connectivity index (χ0) is 19.1. The van der Waals surface area contributed by atoms with E-state index in [-0.39, 0.29) is 25.0 Å². The Balaban J connectivity index is 1.71. The number of benzene rings is 1. The van der Waals surface area contributed by atoms with E-state index >= 15 is 4.39 Å². The Hall–Kier alpha value is -1.95. The minimum absolute atomic E-state index is 0.126. The van der Waals surface area contributed by atoms with Gasteiger partial charge in [0.25, 0.3) is 0 Å². The molecule has 5 nitrogen and oxygen atoms in total. The number of rotatable bonds is 3. The average Bonchev–Trinajstić information content (AvgIpc) is 2.85. The third kappa shape index (κ3) is 4.06. The van der Waals surface area contributed by atoms with Gasteiger partial charge in [-0.15, -0.1) is 0 Å². The quantitative estimate of drug-likeness (QED) is 0.847. The van der Waals surface area contributed by atoms with Crippen LogP contribution in [0.4, 0.5) is 4.39 Å². The summed E-state index contributed by atoms with van der Waals surface area (Å²) in [5.41, 5.74) is 0.907. The molecule has 1 aromatic heterocycles. The second kappa shape index (κ2) is 6.65. The molecular formula is C20H28FN3O2. The first kappa shape index (κ1) is 18.8. The molecule has 0 spiro atoms. The summed E-state index contributed by atoms with van der Waals surface area (Å²) >= 11 is 0. The van der Waals surface area contributed by atoms with E-state index in [0.29, 0.717) is 13.0 Å². The predicted octanol–water partition coefficient (Wildman–Crippen LogP) is 3.73. The molecule has 1 saturated heterocycles. The van der Waals surface area contributed by atoms with Crippen LogP contribution in [0.2, 0.25) is 0 Å². The fourth-order valence-electron chi connectivity index (χ4n) is 3.82. The van der Waals surface area contributed by atoms with Gasteiger partial charge in [-0.2, -0.15) is 5.10 Å². The molecule has 1 aromatic carbocycles. The SMILES string of the molecule is Cc1[nH]nc2cc(C3CCN(CC(=O)OC(C)(C)C)CC3(C)F)ccc12. The number of halogens is 1. The number of carbonyl (C=O) groups excluding carboxylic acids is 1. The standard InChI is InChI=1S/C20H28FN3O2/c1-13-15-7-6-14(10-17(15)23-22-13)16-8-9-24(12-20(16,5)21)11-18(25)26-19(2,3)4/h6-7,10,16H,8-9,11-12H2,1-5H3,(H,22,23). The molecule has 1 fully saturated rings. The fraction of sp³-hybridized carbons (Fsp3) is 0.600. The molecule has 1 aliphatic rings. The lowest BCUT2D eigenvalue weighted by Gasteiger charge is -2.41. The molecule has 2 unspecified atom stereocenters. The van der Waals surface area contributed by atoms with Gasteiger partial charge in [0.05, 0.1) is 12.1 Å². The maximum absolute atomic E-state index is 15.4. The van der Waals surface area contributed by atoms with Crippen molar-refractivity contribution in [1.29, 1.82) is 0 Å². The van der Waals surface area contributed by atoms with E-state index in [1.165, 1.54) is 0 Å². The summed E-state index contributed by atoms with van der Waals surface area (Å²) in [6.07, 6.45) is 0.657. The number of hydrogen-bond acceptors (Lipinski definition) is 4. The van der Waals surface area contributed by atoms with Gasteiger partial charge in [0.15, 0.2) is 0 Å². The van der Waals surface area contributed by atoms with Gasteiger partial charge >= 0.3 is 5.97 Å². The van der Waals surface area contributed by atoms with Gasteiger partial charge in [0.2, 0.25) is 0 Å². The third-order valence-electron chi connectivity index (χ3n) is 4.94. The molecule has 0 bridgehead atoms. The van der Waals surface area contributed by atoms with Crippen molar-refractivity contribution in [2.24, 2.45) is 0 Å². The molecule has 1 aliphatic heterocycles. The number of aromatic nitrogens is 2. The van der Waals surface area contributed by atoms with Crippen LogP contribution in [0.15, 0.2) is 18.2 Å². The van der Waals surface area contributed by atoms with Crippen LogP contribution in [-0.2, 0) is 9.53 Å². The first-order valence-corrected chi connectivity index (χ1v) is 9.13. The Morgan fingerprint density at radius 1 is 1.46 bits per heavy atom. The highest BCUT2D eigenvalue weighted by Crippen LogP contribution is 2.39. The van der Waals surface area contributed by atoms with Crippen molar-refractivity contribution in [1.82, 2.24) is 15.1 Å². The third-order valence-corrected chi connectivity index (χ3v) is 4.94. The van der Waals surface area contributed by atoms with Crippen LogP contribution < -0.4 is 0 Å². The number of aryl methyl sites for hydroxylation is 1. The summed E-state index contributed by atoms with van der Waals surface area (Å²) < 4.78 is 20.8. The molecule has 6 heteroatoms. The van der Waals surface area contributed by atoms with Gasteiger partial charge in [-0.25, -0.2) is 4.39 Å². The van der Waals surface area contributed by atoms with Crippen molar-refractivity contribution in [3.63, 3.8) is 0 Å². The van der Waals surface area contributed by atoms with Crippen LogP contribution in [0.5, 0.6) is 0 Å². The van der Waals surface area contributed by atoms with E-state index in [2.05, 4.69) is 10.2 Å². The van der Waals surface area contributed by atoms with Gasteiger partial charge in [-0.05, 0) is 59.2 Å². The zero-order valence-corrected chi connectivity index (χ0v) is 16.2. The zero-order valence-electron chi connectivity index (χ0n) is 16.2. The van der Waals surface area contributed by atoms with E-state index < -0.39 is 11.3 Å². The van der Waals surface area contributed by atoms with E-state index in [1.807, 2.05) is 50.8 Å². The molecule has 2 atom stereocenters. The Labute approximate surface area is 153 Å². The lowest BCUT2D eigenvalue weighted by atomic mass is 9.79. The van der Waals surface area contributed by atoms with Crippen molar-refractivity contribution < 1.29 is 13.9 Å². The van der Waals surface area contributed by atoms with Gasteiger partial charge < -0.3 is 4.74 Å². The number of carbonyl (C=O) groups is 1. The Bertz CT molecular complexity index is 807. The number of alkyl halides is 1. The number of nitrogens with zero attached hydrogens (tertiary/aromatic N) is 2. The number of esters is 1. The van der Waals surface area contributed by atoms with E-state index in [0.717, 1.165) is 22.2 Å². The topological polar surface area (TPSA) is 58.2 Å². The molecule has 0 aliphatic carbocycles. The number of fused-ring (bicyclic) bond motifs is 1. The fourth-order valence-corrected chi connectivity index (χ4v) is 3.82. The van der Waals surface area contributed by atoms with Crippen LogP contribution in [-0.4, -0.2) is 52.0 Å². The minimum atomic E-state index is -1.42. The van der Waals surface area contributed by atoms with Gasteiger partial charge in [0.1, 0.15) is 11.3 Å². The van der Waals surface area contributed by atoms with Gasteiger partial charge in [0, 0.05) is 23.5 Å². The van der Waals surface area contributed by atoms with Crippen LogP contribution in [0.25, 0.3) is 10.9 Å². The van der Waals surface area contributed by atoms with Crippen molar-refractivity contribution >= 4 is 16.9 Å². The maximum atomic E-state index is 15.4. The van der Waals surface area contributed by atoms with Crippen molar-refractivity contribution in [2.75, 3.05) is 19.6 Å². The van der Waals surface area contributed by atoms with Crippen molar-refractivity contribution in [3.05, 3.63) is 29.5 Å². The van der Waals surface area contributed by atoms with E-state index in [4.69, 9.17) is 4.74 Å². The first-order valence-electron chi connectivity index (χ1n) is 9.13. The smallest absolute Gasteiger partial charge is 0.320 e. The van der Waals surface area contributed by atoms with Crippen LogP contribution in [0.1, 0.15) is 51.3 Å². The minimum Gasteiger partial charge on any atom is -0.459 e. The number of hydrogen-bond donors (Lipinski definition) is 1. The number of likely N-dealkylation sites (tertiary alicyclic amines) is 1. The monoisotopic (exact) mass is 361 g/mol. The summed E-state index contributed by atoms with van der Waals surface area (Å²) in [6.45, 7) is 10.1. The Morgan fingerprint density at radius 2 is 2.19 bits per heavy atom. The molecule has 3 rings (SSSR count). The first-order chi connectivity index (χ1) is 12.0. The second-order valence-electron chi connectivity index (χ2n) is 8.54. The molecule has 2 heterocycles. The van der Waals surface area contributed by atoms with Gasteiger partial charge in [-0.1, -0.05) is 12.1 Å². The molecule has 1 N–H and O–H groups in total.